The molecule has 3 rings (SSSR count). The quantitative estimate of drug-likeness (QED) is 0.523. The lowest BCUT2D eigenvalue weighted by Gasteiger charge is -2.19. The summed E-state index contributed by atoms with van der Waals surface area (Å²) in [7, 11) is 3.29. The number of amides is 1. The first kappa shape index (κ1) is 21.7. The highest BCUT2D eigenvalue weighted by Gasteiger charge is 2.13. The summed E-state index contributed by atoms with van der Waals surface area (Å²) in [6.45, 7) is 0.679. The van der Waals surface area contributed by atoms with Gasteiger partial charge < -0.3 is 19.1 Å². The molecule has 0 aromatic heterocycles. The summed E-state index contributed by atoms with van der Waals surface area (Å²) in [5.74, 6) is 1.44. The molecule has 31 heavy (non-hydrogen) atoms. The van der Waals surface area contributed by atoms with Gasteiger partial charge in [-0.25, -0.2) is 0 Å². The van der Waals surface area contributed by atoms with E-state index in [1.807, 2.05) is 48.5 Å². The van der Waals surface area contributed by atoms with Crippen LogP contribution in [0.15, 0.2) is 72.8 Å². The van der Waals surface area contributed by atoms with Crippen LogP contribution in [0.25, 0.3) is 0 Å². The average molecular weight is 416 g/mol. The summed E-state index contributed by atoms with van der Waals surface area (Å²) in [6, 6.07) is 24.4. The molecule has 1 amide bonds. The van der Waals surface area contributed by atoms with Crippen molar-refractivity contribution >= 4 is 5.91 Å². The van der Waals surface area contributed by atoms with Crippen molar-refractivity contribution in [1.82, 2.24) is 4.90 Å². The van der Waals surface area contributed by atoms with Gasteiger partial charge in [0.15, 0.2) is 18.1 Å². The van der Waals surface area contributed by atoms with Gasteiger partial charge in [-0.3, -0.25) is 4.79 Å². The highest BCUT2D eigenvalue weighted by molar-refractivity contribution is 5.77. The number of hydrogen-bond donors (Lipinski definition) is 0. The summed E-state index contributed by atoms with van der Waals surface area (Å²) in [4.78, 5) is 14.0. The summed E-state index contributed by atoms with van der Waals surface area (Å²) in [5.41, 5.74) is 2.36. The van der Waals surface area contributed by atoms with Crippen molar-refractivity contribution in [3.05, 3.63) is 89.5 Å². The Balaban J connectivity index is 1.58. The Hall–Kier alpha value is -3.98. The minimum absolute atomic E-state index is 0.148. The minimum Gasteiger partial charge on any atom is -0.493 e. The molecule has 0 spiro atoms. The maximum atomic E-state index is 12.5. The number of likely N-dealkylation sites (N-methyl/N-ethyl adjacent to an activating group) is 1. The number of nitrogens with zero attached hydrogens (tertiary/aromatic N) is 2. The molecule has 6 nitrogen and oxygen atoms in total. The Morgan fingerprint density at radius 2 is 1.65 bits per heavy atom. The first-order chi connectivity index (χ1) is 15.1. The lowest BCUT2D eigenvalue weighted by molar-refractivity contribution is -0.132. The van der Waals surface area contributed by atoms with E-state index in [4.69, 9.17) is 19.5 Å². The highest BCUT2D eigenvalue weighted by atomic mass is 16.5. The van der Waals surface area contributed by atoms with E-state index in [0.717, 1.165) is 11.1 Å². The lowest BCUT2D eigenvalue weighted by Crippen LogP contribution is -2.31. The molecule has 0 aliphatic carbocycles. The third-order valence-corrected chi connectivity index (χ3v) is 4.67. The van der Waals surface area contributed by atoms with E-state index in [-0.39, 0.29) is 12.5 Å². The number of nitriles is 1. The lowest BCUT2D eigenvalue weighted by atomic mass is 10.2. The molecular formula is C25H24N2O4. The summed E-state index contributed by atoms with van der Waals surface area (Å²) < 4.78 is 16.9. The normalized spacial score (nSPS) is 10.1. The molecule has 0 heterocycles. The largest absolute Gasteiger partial charge is 0.493 e. The van der Waals surface area contributed by atoms with Gasteiger partial charge in [-0.05, 0) is 35.4 Å². The van der Waals surface area contributed by atoms with Crippen LogP contribution in [-0.2, 0) is 17.9 Å². The predicted octanol–water partition coefficient (Wildman–Crippen LogP) is 4.18. The van der Waals surface area contributed by atoms with Gasteiger partial charge in [-0.1, -0.05) is 48.5 Å². The second-order valence-corrected chi connectivity index (χ2v) is 6.91. The van der Waals surface area contributed by atoms with E-state index in [1.54, 1.807) is 43.3 Å². The summed E-state index contributed by atoms with van der Waals surface area (Å²) in [6.07, 6.45) is 0. The van der Waals surface area contributed by atoms with Crippen LogP contribution in [0.5, 0.6) is 17.2 Å². The van der Waals surface area contributed by atoms with Gasteiger partial charge in [0.25, 0.3) is 5.91 Å². The molecule has 0 atom stereocenters. The van der Waals surface area contributed by atoms with E-state index < -0.39 is 0 Å². The van der Waals surface area contributed by atoms with Crippen molar-refractivity contribution in [1.29, 1.82) is 5.26 Å². The number of benzene rings is 3. The van der Waals surface area contributed by atoms with Crippen molar-refractivity contribution in [2.24, 2.45) is 0 Å². The summed E-state index contributed by atoms with van der Waals surface area (Å²) >= 11 is 0. The highest BCUT2D eigenvalue weighted by Crippen LogP contribution is 2.29. The molecule has 0 aliphatic rings. The first-order valence-corrected chi connectivity index (χ1v) is 9.80. The van der Waals surface area contributed by atoms with Crippen LogP contribution in [-0.4, -0.2) is 31.6 Å². The fourth-order valence-corrected chi connectivity index (χ4v) is 2.96. The Labute approximate surface area is 182 Å². The molecule has 3 aromatic rings. The standard InChI is InChI=1S/C25H24N2O4/c1-27(25(28)18-31-22-11-7-6-10-21(22)15-26)16-20-12-13-23(24(14-20)29-2)30-17-19-8-4-3-5-9-19/h3-14H,16-18H2,1-2H3. The third-order valence-electron chi connectivity index (χ3n) is 4.67. The Morgan fingerprint density at radius 3 is 2.39 bits per heavy atom. The molecule has 3 aromatic carbocycles. The van der Waals surface area contributed by atoms with Crippen molar-refractivity contribution in [2.75, 3.05) is 20.8 Å². The topological polar surface area (TPSA) is 71.8 Å². The van der Waals surface area contributed by atoms with Gasteiger partial charge in [-0.15, -0.1) is 0 Å². The van der Waals surface area contributed by atoms with Crippen molar-refractivity contribution in [3.63, 3.8) is 0 Å². The number of carbonyl (C=O) groups is 1. The van der Waals surface area contributed by atoms with Crippen LogP contribution in [0, 0.1) is 11.3 Å². The van der Waals surface area contributed by atoms with Gasteiger partial charge in [-0.2, -0.15) is 5.26 Å². The maximum Gasteiger partial charge on any atom is 0.260 e. The van der Waals surface area contributed by atoms with Crippen LogP contribution < -0.4 is 14.2 Å². The fourth-order valence-electron chi connectivity index (χ4n) is 2.96. The smallest absolute Gasteiger partial charge is 0.260 e. The molecule has 0 N–H and O–H groups in total. The molecular weight excluding hydrogens is 392 g/mol. The van der Waals surface area contributed by atoms with Crippen molar-refractivity contribution in [3.8, 4) is 23.3 Å². The van der Waals surface area contributed by atoms with Gasteiger partial charge in [0.05, 0.1) is 12.7 Å². The van der Waals surface area contributed by atoms with Crippen LogP contribution in [0.1, 0.15) is 16.7 Å². The van der Waals surface area contributed by atoms with E-state index in [2.05, 4.69) is 6.07 Å². The molecule has 0 fully saturated rings. The Kier molecular flexibility index (Phi) is 7.50. The molecule has 6 heteroatoms. The van der Waals surface area contributed by atoms with E-state index in [9.17, 15) is 4.79 Å². The maximum absolute atomic E-state index is 12.5. The number of hydrogen-bond acceptors (Lipinski definition) is 5. The van der Waals surface area contributed by atoms with Crippen molar-refractivity contribution < 1.29 is 19.0 Å². The van der Waals surface area contributed by atoms with E-state index in [1.165, 1.54) is 0 Å². The molecule has 0 saturated carbocycles. The predicted molar refractivity (Wildman–Crippen MR) is 117 cm³/mol. The summed E-state index contributed by atoms with van der Waals surface area (Å²) in [5, 5.41) is 9.11. The second-order valence-electron chi connectivity index (χ2n) is 6.91. The van der Waals surface area contributed by atoms with Gasteiger partial charge in [0.1, 0.15) is 18.4 Å². The zero-order chi connectivity index (χ0) is 22.1. The number of para-hydroxylation sites is 1. The van der Waals surface area contributed by atoms with E-state index >= 15 is 0 Å². The Morgan fingerprint density at radius 1 is 0.903 bits per heavy atom. The molecule has 0 radical (unpaired) electrons. The number of carbonyl (C=O) groups excluding carboxylic acids is 1. The Bertz CT molecular complexity index is 1060. The molecule has 0 saturated heterocycles. The van der Waals surface area contributed by atoms with Crippen molar-refractivity contribution in [2.45, 2.75) is 13.2 Å². The monoisotopic (exact) mass is 416 g/mol. The number of rotatable bonds is 9. The number of methoxy groups -OCH3 is 1. The molecule has 0 bridgehead atoms. The zero-order valence-corrected chi connectivity index (χ0v) is 17.6. The van der Waals surface area contributed by atoms with Gasteiger partial charge in [0, 0.05) is 13.6 Å². The first-order valence-electron chi connectivity index (χ1n) is 9.80. The molecule has 0 unspecified atom stereocenters. The fraction of sp³-hybridized carbons (Fsp3) is 0.200. The second kappa shape index (κ2) is 10.7. The third kappa shape index (κ3) is 6.00. The SMILES string of the molecule is COc1cc(CN(C)C(=O)COc2ccccc2C#N)ccc1OCc1ccccc1. The van der Waals surface area contributed by atoms with E-state index in [0.29, 0.717) is 36.0 Å². The van der Waals surface area contributed by atoms with Crippen LogP contribution in [0.4, 0.5) is 0 Å². The zero-order valence-electron chi connectivity index (χ0n) is 17.6. The number of ether oxygens (including phenoxy) is 3. The van der Waals surface area contributed by atoms with Crippen LogP contribution >= 0.6 is 0 Å². The van der Waals surface area contributed by atoms with Crippen LogP contribution in [0.3, 0.4) is 0 Å². The van der Waals surface area contributed by atoms with Crippen LogP contribution in [0.2, 0.25) is 0 Å². The molecule has 0 aliphatic heterocycles. The van der Waals surface area contributed by atoms with Gasteiger partial charge in [0.2, 0.25) is 0 Å². The minimum atomic E-state index is -0.198. The van der Waals surface area contributed by atoms with Gasteiger partial charge >= 0.3 is 0 Å². The average Bonchev–Trinajstić information content (AvgIpc) is 2.82. The molecule has 158 valence electrons.